The summed E-state index contributed by atoms with van der Waals surface area (Å²) < 4.78 is 66.3. The van der Waals surface area contributed by atoms with Crippen LogP contribution < -0.4 is 10.1 Å². The minimum Gasteiger partial charge on any atom is -0.489 e. The first-order chi connectivity index (χ1) is 10.1. The van der Waals surface area contributed by atoms with E-state index in [9.17, 15) is 21.6 Å². The standard InChI is InChI=1S/C14H18F3NO3S/c1-22(19,20)9-13(10-6-7-18-8-10)21-12-4-2-11(3-5-12)14(15,16)17/h2-5,10,13,18H,6-9H2,1H3/t10-,13+/m1/s1. The summed E-state index contributed by atoms with van der Waals surface area (Å²) in [4.78, 5) is 0. The lowest BCUT2D eigenvalue weighted by molar-refractivity contribution is -0.137. The quantitative estimate of drug-likeness (QED) is 0.894. The van der Waals surface area contributed by atoms with E-state index in [4.69, 9.17) is 4.74 Å². The van der Waals surface area contributed by atoms with Crippen LogP contribution in [0.4, 0.5) is 13.2 Å². The summed E-state index contributed by atoms with van der Waals surface area (Å²) in [6.07, 6.45) is -3.07. The van der Waals surface area contributed by atoms with Gasteiger partial charge in [0.1, 0.15) is 11.9 Å². The Hall–Kier alpha value is -1.28. The van der Waals surface area contributed by atoms with Crippen LogP contribution in [0.15, 0.2) is 24.3 Å². The number of hydrogen-bond acceptors (Lipinski definition) is 4. The van der Waals surface area contributed by atoms with Gasteiger partial charge in [0.05, 0.1) is 11.3 Å². The van der Waals surface area contributed by atoms with Gasteiger partial charge in [0.2, 0.25) is 0 Å². The first kappa shape index (κ1) is 17.1. The first-order valence-electron chi connectivity index (χ1n) is 6.87. The van der Waals surface area contributed by atoms with Crippen molar-refractivity contribution in [1.82, 2.24) is 5.32 Å². The molecule has 4 nitrogen and oxygen atoms in total. The molecule has 2 rings (SSSR count). The normalized spacial score (nSPS) is 20.8. The largest absolute Gasteiger partial charge is 0.489 e. The van der Waals surface area contributed by atoms with Gasteiger partial charge in [-0.15, -0.1) is 0 Å². The molecule has 1 aromatic carbocycles. The molecule has 0 amide bonds. The molecule has 22 heavy (non-hydrogen) atoms. The predicted octanol–water partition coefficient (Wildman–Crippen LogP) is 2.11. The van der Waals surface area contributed by atoms with Crippen LogP contribution in [0.1, 0.15) is 12.0 Å². The van der Waals surface area contributed by atoms with Gasteiger partial charge >= 0.3 is 6.18 Å². The molecule has 2 atom stereocenters. The highest BCUT2D eigenvalue weighted by Crippen LogP contribution is 2.31. The van der Waals surface area contributed by atoms with Gasteiger partial charge in [-0.1, -0.05) is 0 Å². The van der Waals surface area contributed by atoms with E-state index in [1.807, 2.05) is 0 Å². The summed E-state index contributed by atoms with van der Waals surface area (Å²) in [5.74, 6) is 0.117. The summed E-state index contributed by atoms with van der Waals surface area (Å²) in [6.45, 7) is 1.42. The van der Waals surface area contributed by atoms with Crippen molar-refractivity contribution < 1.29 is 26.3 Å². The second-order valence-electron chi connectivity index (χ2n) is 5.52. The third kappa shape index (κ3) is 4.88. The summed E-state index contributed by atoms with van der Waals surface area (Å²) in [6, 6.07) is 4.31. The average Bonchev–Trinajstić information content (AvgIpc) is 2.89. The maximum atomic E-state index is 12.5. The van der Waals surface area contributed by atoms with Crippen molar-refractivity contribution in [3.63, 3.8) is 0 Å². The highest BCUT2D eigenvalue weighted by molar-refractivity contribution is 7.90. The van der Waals surface area contributed by atoms with Crippen molar-refractivity contribution >= 4 is 9.84 Å². The van der Waals surface area contributed by atoms with Gasteiger partial charge in [-0.2, -0.15) is 13.2 Å². The fourth-order valence-corrected chi connectivity index (χ4v) is 3.39. The Morgan fingerprint density at radius 2 is 1.95 bits per heavy atom. The molecule has 1 fully saturated rings. The van der Waals surface area contributed by atoms with Crippen molar-refractivity contribution in [1.29, 1.82) is 0 Å². The van der Waals surface area contributed by atoms with Crippen LogP contribution in [0.3, 0.4) is 0 Å². The molecule has 0 aliphatic carbocycles. The van der Waals surface area contributed by atoms with Gasteiger partial charge in [-0.25, -0.2) is 8.42 Å². The summed E-state index contributed by atoms with van der Waals surface area (Å²) in [7, 11) is -3.25. The van der Waals surface area contributed by atoms with E-state index in [1.165, 1.54) is 12.1 Å². The highest BCUT2D eigenvalue weighted by atomic mass is 32.2. The zero-order valence-electron chi connectivity index (χ0n) is 12.1. The Balaban J connectivity index is 2.12. The molecule has 0 spiro atoms. The van der Waals surface area contributed by atoms with Crippen LogP contribution in [-0.2, 0) is 16.0 Å². The van der Waals surface area contributed by atoms with E-state index >= 15 is 0 Å². The Morgan fingerprint density at radius 1 is 1.32 bits per heavy atom. The number of ether oxygens (including phenoxy) is 1. The molecule has 124 valence electrons. The number of benzene rings is 1. The minimum absolute atomic E-state index is 0.0250. The molecule has 0 radical (unpaired) electrons. The van der Waals surface area contributed by atoms with Crippen molar-refractivity contribution in [2.24, 2.45) is 5.92 Å². The fourth-order valence-electron chi connectivity index (χ4n) is 2.46. The lowest BCUT2D eigenvalue weighted by Gasteiger charge is -2.24. The number of sulfone groups is 1. The maximum Gasteiger partial charge on any atom is 0.416 e. The van der Waals surface area contributed by atoms with E-state index in [1.54, 1.807) is 0 Å². The predicted molar refractivity (Wildman–Crippen MR) is 76.5 cm³/mol. The maximum absolute atomic E-state index is 12.5. The van der Waals surface area contributed by atoms with Crippen molar-refractivity contribution in [2.45, 2.75) is 18.7 Å². The molecule has 1 aromatic rings. The molecular formula is C14H18F3NO3S. The van der Waals surface area contributed by atoms with Crippen molar-refractivity contribution in [3.8, 4) is 5.75 Å². The molecule has 1 saturated heterocycles. The zero-order valence-corrected chi connectivity index (χ0v) is 12.9. The van der Waals surface area contributed by atoms with Crippen LogP contribution in [0.2, 0.25) is 0 Å². The third-order valence-corrected chi connectivity index (χ3v) is 4.49. The molecule has 1 N–H and O–H groups in total. The smallest absolute Gasteiger partial charge is 0.416 e. The molecule has 0 aromatic heterocycles. The molecular weight excluding hydrogens is 319 g/mol. The Morgan fingerprint density at radius 3 is 2.41 bits per heavy atom. The SMILES string of the molecule is CS(=O)(=O)C[C@H](Oc1ccc(C(F)(F)F)cc1)[C@@H]1CCNC1. The molecule has 0 bridgehead atoms. The Bertz CT molecular complexity index is 593. The number of halogens is 3. The van der Waals surface area contributed by atoms with Gasteiger partial charge in [0.15, 0.2) is 9.84 Å². The lowest BCUT2D eigenvalue weighted by atomic mass is 10.0. The molecule has 1 heterocycles. The van der Waals surface area contributed by atoms with Crippen LogP contribution in [-0.4, -0.2) is 39.6 Å². The Kier molecular flexibility index (Phi) is 5.01. The van der Waals surface area contributed by atoms with Crippen LogP contribution in [0.25, 0.3) is 0 Å². The van der Waals surface area contributed by atoms with Crippen LogP contribution in [0.5, 0.6) is 5.75 Å². The summed E-state index contributed by atoms with van der Waals surface area (Å²) >= 11 is 0. The second-order valence-corrected chi connectivity index (χ2v) is 7.71. The number of hydrogen-bond donors (Lipinski definition) is 1. The van der Waals surface area contributed by atoms with Gasteiger partial charge < -0.3 is 10.1 Å². The van der Waals surface area contributed by atoms with Gasteiger partial charge in [0, 0.05) is 18.7 Å². The molecule has 0 unspecified atom stereocenters. The molecule has 0 saturated carbocycles. The van der Waals surface area contributed by atoms with E-state index in [-0.39, 0.29) is 17.4 Å². The highest BCUT2D eigenvalue weighted by Gasteiger charge is 2.31. The average molecular weight is 337 g/mol. The third-order valence-electron chi connectivity index (χ3n) is 3.56. The fraction of sp³-hybridized carbons (Fsp3) is 0.571. The van der Waals surface area contributed by atoms with Gasteiger partial charge in [-0.05, 0) is 37.2 Å². The first-order valence-corrected chi connectivity index (χ1v) is 8.93. The van der Waals surface area contributed by atoms with Crippen molar-refractivity contribution in [3.05, 3.63) is 29.8 Å². The summed E-state index contributed by atoms with van der Waals surface area (Å²) in [5.41, 5.74) is -0.762. The van der Waals surface area contributed by atoms with Gasteiger partial charge in [-0.3, -0.25) is 0 Å². The molecule has 1 aliphatic rings. The number of alkyl halides is 3. The van der Waals surface area contributed by atoms with E-state index in [2.05, 4.69) is 5.32 Å². The lowest BCUT2D eigenvalue weighted by Crippen LogP contribution is -2.35. The second kappa shape index (κ2) is 6.45. The molecule has 8 heteroatoms. The zero-order chi connectivity index (χ0) is 16.4. The van der Waals surface area contributed by atoms with E-state index in [0.29, 0.717) is 6.54 Å². The van der Waals surface area contributed by atoms with Gasteiger partial charge in [0.25, 0.3) is 0 Å². The number of rotatable bonds is 5. The Labute approximate surface area is 127 Å². The monoisotopic (exact) mass is 337 g/mol. The van der Waals surface area contributed by atoms with Crippen LogP contribution >= 0.6 is 0 Å². The minimum atomic E-state index is -4.40. The van der Waals surface area contributed by atoms with E-state index in [0.717, 1.165) is 31.4 Å². The molecule has 1 aliphatic heterocycles. The topological polar surface area (TPSA) is 55.4 Å². The number of nitrogens with one attached hydrogen (secondary N) is 1. The van der Waals surface area contributed by atoms with Crippen LogP contribution in [0, 0.1) is 5.92 Å². The van der Waals surface area contributed by atoms with Crippen molar-refractivity contribution in [2.75, 3.05) is 25.1 Å². The van der Waals surface area contributed by atoms with E-state index < -0.39 is 27.7 Å². The summed E-state index contributed by atoms with van der Waals surface area (Å²) in [5, 5.41) is 3.13.